The van der Waals surface area contributed by atoms with Crippen molar-refractivity contribution < 1.29 is 14.7 Å². The Morgan fingerprint density at radius 1 is 1.14 bits per heavy atom. The standard InChI is InChI=1S/C5H5NO3.C5H10/c1-6-4(8)2-3(7)5(6)9;1-2-4-5-3-1/h2,7H,1H3;1-5H2. The molecule has 1 aliphatic heterocycles. The third kappa shape index (κ3) is 2.58. The highest BCUT2D eigenvalue weighted by atomic mass is 16.3. The number of hydrogen-bond acceptors (Lipinski definition) is 3. The predicted molar refractivity (Wildman–Crippen MR) is 51.6 cm³/mol. The first-order valence-electron chi connectivity index (χ1n) is 4.85. The van der Waals surface area contributed by atoms with Gasteiger partial charge in [-0.25, -0.2) is 0 Å². The molecule has 0 atom stereocenters. The van der Waals surface area contributed by atoms with Crippen molar-refractivity contribution in [3.8, 4) is 0 Å². The minimum absolute atomic E-state index is 0.475. The number of carbonyl (C=O) groups excluding carboxylic acids is 2. The molecule has 78 valence electrons. The van der Waals surface area contributed by atoms with E-state index in [1.54, 1.807) is 0 Å². The Morgan fingerprint density at radius 3 is 1.71 bits per heavy atom. The fourth-order valence-electron chi connectivity index (χ4n) is 1.43. The molecule has 1 heterocycles. The number of carbonyl (C=O) groups is 2. The predicted octanol–water partition coefficient (Wildman–Crippen LogP) is 1.38. The fourth-order valence-corrected chi connectivity index (χ4v) is 1.43. The number of amides is 2. The van der Waals surface area contributed by atoms with Gasteiger partial charge in [-0.1, -0.05) is 32.1 Å². The Bertz CT molecular complexity index is 259. The molecule has 0 aromatic rings. The number of hydrogen-bond donors (Lipinski definition) is 1. The van der Waals surface area contributed by atoms with Crippen molar-refractivity contribution in [1.82, 2.24) is 4.90 Å². The lowest BCUT2D eigenvalue weighted by molar-refractivity contribution is -0.136. The zero-order valence-corrected chi connectivity index (χ0v) is 8.32. The van der Waals surface area contributed by atoms with E-state index in [-0.39, 0.29) is 0 Å². The average molecular weight is 197 g/mol. The molecular formula is C10H15NO3. The zero-order chi connectivity index (χ0) is 10.6. The fraction of sp³-hybridized carbons (Fsp3) is 0.600. The first kappa shape index (κ1) is 10.8. The summed E-state index contributed by atoms with van der Waals surface area (Å²) in [7, 11) is 1.31. The summed E-state index contributed by atoms with van der Waals surface area (Å²) in [6.07, 6.45) is 8.39. The van der Waals surface area contributed by atoms with Crippen molar-refractivity contribution in [2.75, 3.05) is 7.05 Å². The quantitative estimate of drug-likeness (QED) is 0.597. The van der Waals surface area contributed by atoms with Crippen LogP contribution in [0.3, 0.4) is 0 Å². The van der Waals surface area contributed by atoms with E-state index in [4.69, 9.17) is 5.11 Å². The molecule has 1 N–H and O–H groups in total. The second-order valence-corrected chi connectivity index (χ2v) is 3.50. The third-order valence-electron chi connectivity index (χ3n) is 2.36. The molecule has 4 heteroatoms. The van der Waals surface area contributed by atoms with E-state index >= 15 is 0 Å². The van der Waals surface area contributed by atoms with Gasteiger partial charge in [0.2, 0.25) is 0 Å². The summed E-state index contributed by atoms with van der Waals surface area (Å²) in [5, 5.41) is 8.59. The Labute approximate surface area is 83.2 Å². The molecule has 4 nitrogen and oxygen atoms in total. The highest BCUT2D eigenvalue weighted by Crippen LogP contribution is 2.15. The first-order valence-corrected chi connectivity index (χ1v) is 4.85. The van der Waals surface area contributed by atoms with Crippen LogP contribution in [0.2, 0.25) is 0 Å². The van der Waals surface area contributed by atoms with Crippen molar-refractivity contribution in [3.63, 3.8) is 0 Å². The molecule has 0 aromatic carbocycles. The van der Waals surface area contributed by atoms with E-state index in [1.165, 1.54) is 39.2 Å². The largest absolute Gasteiger partial charge is 0.503 e. The van der Waals surface area contributed by atoms with Crippen molar-refractivity contribution in [2.45, 2.75) is 32.1 Å². The van der Waals surface area contributed by atoms with Gasteiger partial charge < -0.3 is 5.11 Å². The van der Waals surface area contributed by atoms with E-state index in [1.807, 2.05) is 0 Å². The van der Waals surface area contributed by atoms with Gasteiger partial charge in [-0.15, -0.1) is 0 Å². The molecule has 0 spiro atoms. The van der Waals surface area contributed by atoms with Crippen molar-refractivity contribution in [1.29, 1.82) is 0 Å². The lowest BCUT2D eigenvalue weighted by Crippen LogP contribution is -2.25. The maximum Gasteiger partial charge on any atom is 0.295 e. The van der Waals surface area contributed by atoms with E-state index in [9.17, 15) is 9.59 Å². The third-order valence-corrected chi connectivity index (χ3v) is 2.36. The Kier molecular flexibility index (Phi) is 3.68. The van der Waals surface area contributed by atoms with Crippen molar-refractivity contribution in [2.24, 2.45) is 0 Å². The SMILES string of the molecule is C1CCCC1.CN1C(=O)C=C(O)C1=O. The van der Waals surface area contributed by atoms with Crippen molar-refractivity contribution >= 4 is 11.8 Å². The number of aliphatic hydroxyl groups is 1. The van der Waals surface area contributed by atoms with Crippen LogP contribution in [-0.4, -0.2) is 28.9 Å². The molecule has 14 heavy (non-hydrogen) atoms. The number of likely N-dealkylation sites (N-methyl/N-ethyl adjacent to an activating group) is 1. The van der Waals surface area contributed by atoms with Crippen molar-refractivity contribution in [3.05, 3.63) is 11.8 Å². The van der Waals surface area contributed by atoms with E-state index in [0.717, 1.165) is 11.0 Å². The summed E-state index contributed by atoms with van der Waals surface area (Å²) in [6, 6.07) is 0. The zero-order valence-electron chi connectivity index (χ0n) is 8.32. The smallest absolute Gasteiger partial charge is 0.295 e. The van der Waals surface area contributed by atoms with Crippen LogP contribution >= 0.6 is 0 Å². The number of imide groups is 1. The van der Waals surface area contributed by atoms with Gasteiger partial charge in [-0.05, 0) is 0 Å². The normalized spacial score (nSPS) is 20.6. The summed E-state index contributed by atoms with van der Waals surface area (Å²) in [5.74, 6) is -1.60. The van der Waals surface area contributed by atoms with Crippen LogP contribution in [0.1, 0.15) is 32.1 Å². The van der Waals surface area contributed by atoms with Crippen LogP contribution in [0.25, 0.3) is 0 Å². The Morgan fingerprint density at radius 2 is 1.57 bits per heavy atom. The van der Waals surface area contributed by atoms with Gasteiger partial charge in [0, 0.05) is 7.05 Å². The van der Waals surface area contributed by atoms with Gasteiger partial charge in [0.15, 0.2) is 5.76 Å². The minimum atomic E-state index is -0.639. The van der Waals surface area contributed by atoms with Gasteiger partial charge in [0.25, 0.3) is 11.8 Å². The molecular weight excluding hydrogens is 182 g/mol. The maximum absolute atomic E-state index is 10.5. The van der Waals surface area contributed by atoms with Gasteiger partial charge in [-0.2, -0.15) is 0 Å². The van der Waals surface area contributed by atoms with Crippen LogP contribution in [0.5, 0.6) is 0 Å². The average Bonchev–Trinajstić information content (AvgIpc) is 2.78. The van der Waals surface area contributed by atoms with Gasteiger partial charge in [0.05, 0.1) is 6.08 Å². The molecule has 1 fully saturated rings. The molecule has 1 aliphatic carbocycles. The lowest BCUT2D eigenvalue weighted by atomic mass is 10.4. The topological polar surface area (TPSA) is 57.6 Å². The van der Waals surface area contributed by atoms with Gasteiger partial charge >= 0.3 is 0 Å². The van der Waals surface area contributed by atoms with Crippen LogP contribution in [0.4, 0.5) is 0 Å². The highest BCUT2D eigenvalue weighted by Gasteiger charge is 2.26. The molecule has 0 bridgehead atoms. The van der Waals surface area contributed by atoms with Gasteiger partial charge in [-0.3, -0.25) is 14.5 Å². The highest BCUT2D eigenvalue weighted by molar-refractivity contribution is 6.14. The molecule has 0 unspecified atom stereocenters. The van der Waals surface area contributed by atoms with Crippen LogP contribution in [-0.2, 0) is 9.59 Å². The minimum Gasteiger partial charge on any atom is -0.503 e. The molecule has 2 amide bonds. The second kappa shape index (κ2) is 4.79. The number of rotatable bonds is 0. The number of aliphatic hydroxyl groups excluding tert-OH is 1. The monoisotopic (exact) mass is 197 g/mol. The van der Waals surface area contributed by atoms with E-state index < -0.39 is 17.6 Å². The lowest BCUT2D eigenvalue weighted by Gasteiger charge is -2.02. The van der Waals surface area contributed by atoms with Crippen LogP contribution in [0.15, 0.2) is 11.8 Å². The Hall–Kier alpha value is -1.32. The van der Waals surface area contributed by atoms with Gasteiger partial charge in [0.1, 0.15) is 0 Å². The molecule has 2 aliphatic rings. The molecule has 0 radical (unpaired) electrons. The molecule has 0 aromatic heterocycles. The Balaban J connectivity index is 0.000000165. The maximum atomic E-state index is 10.5. The summed E-state index contributed by atoms with van der Waals surface area (Å²) >= 11 is 0. The van der Waals surface area contributed by atoms with Crippen LogP contribution in [0, 0.1) is 0 Å². The molecule has 0 saturated heterocycles. The summed E-state index contributed by atoms with van der Waals surface area (Å²) < 4.78 is 0. The van der Waals surface area contributed by atoms with E-state index in [0.29, 0.717) is 0 Å². The summed E-state index contributed by atoms with van der Waals surface area (Å²) in [5.41, 5.74) is 0. The first-order chi connectivity index (χ1) is 6.63. The summed E-state index contributed by atoms with van der Waals surface area (Å²) in [4.78, 5) is 21.8. The molecule has 1 saturated carbocycles. The molecule has 2 rings (SSSR count). The second-order valence-electron chi connectivity index (χ2n) is 3.50. The number of nitrogens with zero attached hydrogens (tertiary/aromatic N) is 1. The summed E-state index contributed by atoms with van der Waals surface area (Å²) in [6.45, 7) is 0. The van der Waals surface area contributed by atoms with E-state index in [2.05, 4.69) is 0 Å². The van der Waals surface area contributed by atoms with Crippen LogP contribution < -0.4 is 0 Å².